The molecule has 0 fully saturated rings. The summed E-state index contributed by atoms with van der Waals surface area (Å²) in [5.41, 5.74) is 2.16. The minimum Gasteiger partial charge on any atom is -0.465 e. The third-order valence-electron chi connectivity index (χ3n) is 2.40. The van der Waals surface area contributed by atoms with Crippen molar-refractivity contribution < 1.29 is 14.6 Å². The molecule has 0 aliphatic heterocycles. The smallest absolute Gasteiger partial charge is 0.337 e. The lowest BCUT2D eigenvalue weighted by Crippen LogP contribution is -2.03. The molecular formula is C13H17O3. The molecule has 0 amide bonds. The van der Waals surface area contributed by atoms with Gasteiger partial charge in [-0.05, 0) is 36.1 Å². The van der Waals surface area contributed by atoms with Crippen molar-refractivity contribution >= 4 is 5.97 Å². The lowest BCUT2D eigenvalue weighted by molar-refractivity contribution is 0.0600. The number of carbonyl (C=O) groups is 1. The molecule has 87 valence electrons. The fourth-order valence-electron chi connectivity index (χ4n) is 1.55. The van der Waals surface area contributed by atoms with E-state index in [9.17, 15) is 4.79 Å². The Balaban J connectivity index is 2.96. The fraction of sp³-hybridized carbons (Fsp3) is 0.385. The van der Waals surface area contributed by atoms with Crippen molar-refractivity contribution in [3.05, 3.63) is 41.5 Å². The number of ether oxygens (including phenoxy) is 1. The van der Waals surface area contributed by atoms with Crippen molar-refractivity contribution in [1.29, 1.82) is 0 Å². The number of esters is 1. The highest BCUT2D eigenvalue weighted by Crippen LogP contribution is 2.14. The molecule has 0 aromatic heterocycles. The Bertz CT molecular complexity index is 358. The van der Waals surface area contributed by atoms with Crippen LogP contribution in [0.25, 0.3) is 0 Å². The van der Waals surface area contributed by atoms with E-state index in [0.717, 1.165) is 31.4 Å². The Morgan fingerprint density at radius 1 is 1.44 bits per heavy atom. The van der Waals surface area contributed by atoms with Gasteiger partial charge in [0.15, 0.2) is 0 Å². The minimum absolute atomic E-state index is 0.374. The predicted molar refractivity (Wildman–Crippen MR) is 61.7 cm³/mol. The van der Waals surface area contributed by atoms with E-state index in [-0.39, 0.29) is 5.97 Å². The largest absolute Gasteiger partial charge is 0.465 e. The molecule has 0 bridgehead atoms. The molecule has 1 aromatic rings. The van der Waals surface area contributed by atoms with E-state index in [2.05, 4.69) is 11.7 Å². The van der Waals surface area contributed by atoms with Crippen LogP contribution in [0, 0.1) is 6.61 Å². The van der Waals surface area contributed by atoms with Gasteiger partial charge >= 0.3 is 5.97 Å². The van der Waals surface area contributed by atoms with Crippen molar-refractivity contribution in [3.63, 3.8) is 0 Å². The van der Waals surface area contributed by atoms with Gasteiger partial charge in [0.2, 0.25) is 0 Å². The molecule has 0 unspecified atom stereocenters. The molecule has 0 aliphatic rings. The maximum atomic E-state index is 11.4. The molecule has 1 rings (SSSR count). The molecule has 0 saturated carbocycles. The highest BCUT2D eigenvalue weighted by Gasteiger charge is 2.08. The normalized spacial score (nSPS) is 10.2. The van der Waals surface area contributed by atoms with E-state index in [0.29, 0.717) is 11.1 Å². The quantitative estimate of drug-likeness (QED) is 0.777. The topological polar surface area (TPSA) is 46.5 Å². The van der Waals surface area contributed by atoms with Crippen molar-refractivity contribution in [1.82, 2.24) is 0 Å². The second-order valence-electron chi connectivity index (χ2n) is 3.69. The van der Waals surface area contributed by atoms with Crippen LogP contribution in [0.5, 0.6) is 0 Å². The summed E-state index contributed by atoms with van der Waals surface area (Å²) in [6, 6.07) is 5.30. The maximum absolute atomic E-state index is 11.4. The van der Waals surface area contributed by atoms with E-state index >= 15 is 0 Å². The Hall–Kier alpha value is -1.35. The number of methoxy groups -OCH3 is 1. The van der Waals surface area contributed by atoms with Crippen LogP contribution in [-0.2, 0) is 11.2 Å². The zero-order chi connectivity index (χ0) is 12.0. The monoisotopic (exact) mass is 221 g/mol. The second-order valence-corrected chi connectivity index (χ2v) is 3.69. The number of aryl methyl sites for hydroxylation is 1. The summed E-state index contributed by atoms with van der Waals surface area (Å²) in [5.74, 6) is -0.374. The molecule has 1 radical (unpaired) electrons. The lowest BCUT2D eigenvalue weighted by atomic mass is 10.0. The van der Waals surface area contributed by atoms with E-state index < -0.39 is 0 Å². The molecular weight excluding hydrogens is 204 g/mol. The molecule has 3 nitrogen and oxygen atoms in total. The standard InChI is InChI=1S/C13H17O3/c1-3-4-5-10-6-11(9-14)8-12(7-10)13(15)16-2/h6-9,14H,3-5H2,1-2H3. The zero-order valence-corrected chi connectivity index (χ0v) is 9.69. The number of aliphatic hydroxyl groups excluding tert-OH is 1. The van der Waals surface area contributed by atoms with Crippen LogP contribution in [0.3, 0.4) is 0 Å². The Kier molecular flexibility index (Phi) is 4.99. The predicted octanol–water partition coefficient (Wildman–Crippen LogP) is 2.70. The van der Waals surface area contributed by atoms with E-state index in [1.165, 1.54) is 7.11 Å². The molecule has 0 spiro atoms. The van der Waals surface area contributed by atoms with Gasteiger partial charge in [-0.25, -0.2) is 4.79 Å². The number of hydrogen-bond acceptors (Lipinski definition) is 3. The molecule has 1 aromatic carbocycles. The summed E-state index contributed by atoms with van der Waals surface area (Å²) >= 11 is 0. The fourth-order valence-corrected chi connectivity index (χ4v) is 1.55. The van der Waals surface area contributed by atoms with Gasteiger partial charge < -0.3 is 9.84 Å². The average Bonchev–Trinajstić information content (AvgIpc) is 2.34. The van der Waals surface area contributed by atoms with Gasteiger partial charge in [0.25, 0.3) is 0 Å². The first-order chi connectivity index (χ1) is 7.71. The van der Waals surface area contributed by atoms with E-state index in [1.807, 2.05) is 12.1 Å². The van der Waals surface area contributed by atoms with Gasteiger partial charge in [-0.1, -0.05) is 19.4 Å². The molecule has 0 atom stereocenters. The van der Waals surface area contributed by atoms with Crippen LogP contribution >= 0.6 is 0 Å². The third-order valence-corrected chi connectivity index (χ3v) is 2.40. The van der Waals surface area contributed by atoms with E-state index in [1.54, 1.807) is 6.07 Å². The molecule has 3 heteroatoms. The summed E-state index contributed by atoms with van der Waals surface area (Å²) in [7, 11) is 1.35. The number of benzene rings is 1. The van der Waals surface area contributed by atoms with Gasteiger partial charge in [0, 0.05) is 0 Å². The van der Waals surface area contributed by atoms with Crippen LogP contribution in [0.1, 0.15) is 41.3 Å². The first-order valence-corrected chi connectivity index (χ1v) is 5.41. The van der Waals surface area contributed by atoms with Gasteiger partial charge in [-0.15, -0.1) is 0 Å². The lowest BCUT2D eigenvalue weighted by Gasteiger charge is -2.06. The number of unbranched alkanes of at least 4 members (excludes halogenated alkanes) is 1. The summed E-state index contributed by atoms with van der Waals surface area (Å²) < 4.78 is 4.66. The number of aliphatic hydroxyl groups is 1. The Labute approximate surface area is 96.1 Å². The van der Waals surface area contributed by atoms with Crippen LogP contribution in [0.15, 0.2) is 18.2 Å². The first kappa shape index (κ1) is 12.7. The maximum Gasteiger partial charge on any atom is 0.337 e. The SMILES string of the molecule is CCCCc1cc([CH]O)cc(C(=O)OC)c1. The van der Waals surface area contributed by atoms with Gasteiger partial charge in [-0.2, -0.15) is 0 Å². The van der Waals surface area contributed by atoms with Crippen molar-refractivity contribution in [3.8, 4) is 0 Å². The highest BCUT2D eigenvalue weighted by atomic mass is 16.5. The molecule has 0 aliphatic carbocycles. The van der Waals surface area contributed by atoms with Crippen molar-refractivity contribution in [2.45, 2.75) is 26.2 Å². The summed E-state index contributed by atoms with van der Waals surface area (Å²) in [5, 5.41) is 8.99. The first-order valence-electron chi connectivity index (χ1n) is 5.41. The van der Waals surface area contributed by atoms with Crippen molar-refractivity contribution in [2.24, 2.45) is 0 Å². The van der Waals surface area contributed by atoms with Crippen LogP contribution in [0.2, 0.25) is 0 Å². The van der Waals surface area contributed by atoms with Gasteiger partial charge in [-0.3, -0.25) is 0 Å². The summed E-state index contributed by atoms with van der Waals surface area (Å²) in [6.07, 6.45) is 3.07. The number of carbonyl (C=O) groups excluding carboxylic acids is 1. The zero-order valence-electron chi connectivity index (χ0n) is 9.69. The van der Waals surface area contributed by atoms with Crippen LogP contribution < -0.4 is 0 Å². The molecule has 16 heavy (non-hydrogen) atoms. The summed E-state index contributed by atoms with van der Waals surface area (Å²) in [6.45, 7) is 3.12. The van der Waals surface area contributed by atoms with E-state index in [4.69, 9.17) is 5.11 Å². The number of hydrogen-bond donors (Lipinski definition) is 1. The van der Waals surface area contributed by atoms with Gasteiger partial charge in [0.05, 0.1) is 12.7 Å². The molecule has 0 heterocycles. The third kappa shape index (κ3) is 3.35. The van der Waals surface area contributed by atoms with Crippen LogP contribution in [0.4, 0.5) is 0 Å². The molecule has 1 N–H and O–H groups in total. The van der Waals surface area contributed by atoms with Crippen LogP contribution in [-0.4, -0.2) is 18.2 Å². The number of rotatable bonds is 5. The van der Waals surface area contributed by atoms with Crippen molar-refractivity contribution in [2.75, 3.05) is 7.11 Å². The Morgan fingerprint density at radius 3 is 2.75 bits per heavy atom. The summed E-state index contributed by atoms with van der Waals surface area (Å²) in [4.78, 5) is 11.4. The van der Waals surface area contributed by atoms with Gasteiger partial charge in [0.1, 0.15) is 6.61 Å². The Morgan fingerprint density at radius 2 is 2.19 bits per heavy atom. The average molecular weight is 221 g/mol. The second kappa shape index (κ2) is 6.28. The molecule has 0 saturated heterocycles. The minimum atomic E-state index is -0.374. The highest BCUT2D eigenvalue weighted by molar-refractivity contribution is 5.89.